The number of hydrogen-bond acceptors (Lipinski definition) is 11. The molecule has 3 aliphatic heterocycles. The van der Waals surface area contributed by atoms with E-state index in [1.165, 1.54) is 18.0 Å². The number of aromatic nitrogens is 2. The lowest BCUT2D eigenvalue weighted by Gasteiger charge is -2.40. The van der Waals surface area contributed by atoms with Gasteiger partial charge >= 0.3 is 18.2 Å². The predicted octanol–water partition coefficient (Wildman–Crippen LogP) is 0.904. The van der Waals surface area contributed by atoms with Gasteiger partial charge in [0.1, 0.15) is 5.75 Å². The zero-order valence-corrected chi connectivity index (χ0v) is 23.5. The number of morpholine rings is 1. The monoisotopic (exact) mass is 605 g/mol. The molecule has 5 rings (SSSR count). The molecule has 0 aliphatic carbocycles. The number of hydrogen-bond donors (Lipinski definition) is 1. The summed E-state index contributed by atoms with van der Waals surface area (Å²) >= 11 is 0. The van der Waals surface area contributed by atoms with E-state index in [0.717, 1.165) is 4.57 Å². The first-order valence-corrected chi connectivity index (χ1v) is 13.6. The van der Waals surface area contributed by atoms with Crippen LogP contribution in [0.3, 0.4) is 0 Å². The Morgan fingerprint density at radius 3 is 2.51 bits per heavy atom. The van der Waals surface area contributed by atoms with E-state index in [-0.39, 0.29) is 41.3 Å². The van der Waals surface area contributed by atoms with Gasteiger partial charge in [0.2, 0.25) is 5.82 Å². The Hall–Kier alpha value is -4.33. The van der Waals surface area contributed by atoms with Crippen LogP contribution in [0.25, 0.3) is 0 Å². The minimum atomic E-state index is -5.32. The van der Waals surface area contributed by atoms with E-state index in [9.17, 15) is 27.6 Å². The van der Waals surface area contributed by atoms with Gasteiger partial charge in [-0.25, -0.2) is 4.79 Å². The van der Waals surface area contributed by atoms with Crippen molar-refractivity contribution in [2.45, 2.75) is 19.4 Å². The first kappa shape index (κ1) is 30.1. The summed E-state index contributed by atoms with van der Waals surface area (Å²) < 4.78 is 52.6. The molecule has 1 N–H and O–H groups in total. The number of alkyl halides is 3. The SMILES string of the molecule is CC#CCN1c2c(nc(Oc3ccccc3C(=O)N3CCOCC3)n(C)c2=O)N(OC(=O)C(F)(F)F)C1N1CCNCC1. The van der Waals surface area contributed by atoms with Gasteiger partial charge in [0, 0.05) is 46.3 Å². The molecule has 0 bridgehead atoms. The Balaban J connectivity index is 1.59. The van der Waals surface area contributed by atoms with Gasteiger partial charge in [0.25, 0.3) is 11.5 Å². The summed E-state index contributed by atoms with van der Waals surface area (Å²) in [4.78, 5) is 53.3. The van der Waals surface area contributed by atoms with Crippen LogP contribution < -0.4 is 25.6 Å². The molecule has 3 aliphatic rings. The van der Waals surface area contributed by atoms with Crippen LogP contribution in [0.15, 0.2) is 29.1 Å². The van der Waals surface area contributed by atoms with Crippen LogP contribution in [0.5, 0.6) is 11.8 Å². The van der Waals surface area contributed by atoms with Crippen molar-refractivity contribution in [3.05, 3.63) is 40.2 Å². The van der Waals surface area contributed by atoms with Gasteiger partial charge in [0.05, 0.1) is 25.3 Å². The normalized spacial score (nSPS) is 19.0. The fraction of sp³-hybridized carbons (Fsp3) is 0.481. The summed E-state index contributed by atoms with van der Waals surface area (Å²) in [6.07, 6.45) is -6.46. The predicted molar refractivity (Wildman–Crippen MR) is 146 cm³/mol. The van der Waals surface area contributed by atoms with Gasteiger partial charge in [-0.1, -0.05) is 18.1 Å². The lowest BCUT2D eigenvalue weighted by molar-refractivity contribution is -0.203. The number of carbonyl (C=O) groups is 2. The van der Waals surface area contributed by atoms with Crippen molar-refractivity contribution in [2.24, 2.45) is 7.05 Å². The number of nitrogens with zero attached hydrogens (tertiary/aromatic N) is 6. The summed E-state index contributed by atoms with van der Waals surface area (Å²) in [6, 6.07) is 6.02. The average molecular weight is 606 g/mol. The molecular formula is C27H30F3N7O6. The molecule has 2 fully saturated rings. The first-order valence-electron chi connectivity index (χ1n) is 13.6. The van der Waals surface area contributed by atoms with Crippen molar-refractivity contribution in [1.29, 1.82) is 0 Å². The Kier molecular flexibility index (Phi) is 8.76. The molecule has 2 saturated heterocycles. The maximum Gasteiger partial charge on any atom is 0.493 e. The molecule has 13 nitrogen and oxygen atoms in total. The number of rotatable bonds is 6. The molecule has 1 aromatic heterocycles. The van der Waals surface area contributed by atoms with E-state index in [2.05, 4.69) is 22.1 Å². The van der Waals surface area contributed by atoms with E-state index in [0.29, 0.717) is 57.5 Å². The standard InChI is InChI=1S/C27H30F3N7O6/c1-3-4-11-36-20-21(37(43-24(40)27(28,29)30)26(36)35-12-9-31-10-13-35)32-25(33(2)23(20)39)42-19-8-6-5-7-18(19)22(38)34-14-16-41-17-15-34/h5-8,26,31H,9-17H2,1-2H3. The summed E-state index contributed by atoms with van der Waals surface area (Å²) in [5.74, 6) is 2.49. The van der Waals surface area contributed by atoms with Crippen LogP contribution in [0.4, 0.5) is 24.7 Å². The minimum absolute atomic E-state index is 0.0633. The molecular weight excluding hydrogens is 575 g/mol. The molecule has 43 heavy (non-hydrogen) atoms. The van der Waals surface area contributed by atoms with Gasteiger partial charge in [0.15, 0.2) is 12.0 Å². The molecule has 1 atom stereocenters. The highest BCUT2D eigenvalue weighted by Crippen LogP contribution is 2.39. The van der Waals surface area contributed by atoms with Crippen molar-refractivity contribution >= 4 is 23.4 Å². The molecule has 2 aromatic rings. The highest BCUT2D eigenvalue weighted by Gasteiger charge is 2.50. The molecule has 16 heteroatoms. The van der Waals surface area contributed by atoms with Crippen LogP contribution >= 0.6 is 0 Å². The van der Waals surface area contributed by atoms with Crippen molar-refractivity contribution in [1.82, 2.24) is 24.7 Å². The van der Waals surface area contributed by atoms with Crippen molar-refractivity contribution < 1.29 is 37.1 Å². The number of ether oxygens (including phenoxy) is 2. The Labute approximate surface area is 244 Å². The van der Waals surface area contributed by atoms with Crippen LogP contribution in [-0.4, -0.2) is 103 Å². The third-order valence-electron chi connectivity index (χ3n) is 7.13. The molecule has 0 spiro atoms. The van der Waals surface area contributed by atoms with Crippen LogP contribution in [0.2, 0.25) is 0 Å². The second-order valence-electron chi connectivity index (χ2n) is 9.82. The summed E-state index contributed by atoms with van der Waals surface area (Å²) in [5.41, 5.74) is -0.604. The van der Waals surface area contributed by atoms with E-state index in [1.807, 2.05) is 0 Å². The average Bonchev–Trinajstić information content (AvgIpc) is 3.31. The van der Waals surface area contributed by atoms with Crippen LogP contribution in [-0.2, 0) is 21.4 Å². The van der Waals surface area contributed by atoms with Gasteiger partial charge in [-0.05, 0) is 19.1 Å². The van der Waals surface area contributed by atoms with Crippen LogP contribution in [0, 0.1) is 11.8 Å². The zero-order valence-electron chi connectivity index (χ0n) is 23.5. The third kappa shape index (κ3) is 6.10. The molecule has 0 radical (unpaired) electrons. The lowest BCUT2D eigenvalue weighted by atomic mass is 10.1. The quantitative estimate of drug-likeness (QED) is 0.473. The van der Waals surface area contributed by atoms with E-state index in [1.54, 1.807) is 34.9 Å². The van der Waals surface area contributed by atoms with Crippen molar-refractivity contribution in [3.8, 4) is 23.6 Å². The van der Waals surface area contributed by atoms with E-state index in [4.69, 9.17) is 14.3 Å². The van der Waals surface area contributed by atoms with Crippen LogP contribution in [0.1, 0.15) is 17.3 Å². The Morgan fingerprint density at radius 2 is 1.84 bits per heavy atom. The van der Waals surface area contributed by atoms with Gasteiger partial charge in [-0.15, -0.1) is 11.0 Å². The summed E-state index contributed by atoms with van der Waals surface area (Å²) in [6.45, 7) is 4.81. The maximum atomic E-state index is 13.8. The largest absolute Gasteiger partial charge is 0.493 e. The van der Waals surface area contributed by atoms with E-state index < -0.39 is 24.0 Å². The second kappa shape index (κ2) is 12.5. The highest BCUT2D eigenvalue weighted by molar-refractivity contribution is 5.97. The number of piperazine rings is 1. The Morgan fingerprint density at radius 1 is 1.14 bits per heavy atom. The maximum absolute atomic E-state index is 13.8. The number of anilines is 2. The molecule has 1 aromatic carbocycles. The molecule has 0 saturated carbocycles. The summed E-state index contributed by atoms with van der Waals surface area (Å²) in [7, 11) is 1.38. The Bertz CT molecular complexity index is 1490. The van der Waals surface area contributed by atoms with Crippen molar-refractivity contribution in [2.75, 3.05) is 69.0 Å². The third-order valence-corrected chi connectivity index (χ3v) is 7.13. The highest BCUT2D eigenvalue weighted by atomic mass is 19.4. The number of benzene rings is 1. The van der Waals surface area contributed by atoms with Gasteiger partial charge in [-0.2, -0.15) is 18.2 Å². The van der Waals surface area contributed by atoms with Crippen molar-refractivity contribution in [3.63, 3.8) is 0 Å². The topological polar surface area (TPSA) is 122 Å². The van der Waals surface area contributed by atoms with Gasteiger partial charge < -0.3 is 29.4 Å². The smallest absolute Gasteiger partial charge is 0.425 e. The van der Waals surface area contributed by atoms with Gasteiger partial charge in [-0.3, -0.25) is 19.1 Å². The number of hydroxylamine groups is 1. The fourth-order valence-corrected chi connectivity index (χ4v) is 4.99. The number of fused-ring (bicyclic) bond motifs is 1. The zero-order chi connectivity index (χ0) is 30.7. The first-order chi connectivity index (χ1) is 20.6. The van der Waals surface area contributed by atoms with E-state index >= 15 is 0 Å². The molecule has 4 heterocycles. The molecule has 230 valence electrons. The minimum Gasteiger partial charge on any atom is -0.425 e. The second-order valence-corrected chi connectivity index (χ2v) is 9.82. The fourth-order valence-electron chi connectivity index (χ4n) is 4.99. The number of halogens is 3. The number of para-hydroxylation sites is 1. The number of carbonyl (C=O) groups excluding carboxylic acids is 2. The lowest BCUT2D eigenvalue weighted by Crippen LogP contribution is -2.61. The molecule has 1 unspecified atom stereocenters. The number of nitrogens with one attached hydrogen (secondary N) is 1. The summed E-state index contributed by atoms with van der Waals surface area (Å²) in [5, 5.41) is 3.85. The molecule has 1 amide bonds. The number of amides is 1.